The number of rotatable bonds is 1. The maximum Gasteiger partial charge on any atom is 0.0161 e. The molecule has 1 rings (SSSR count). The molecule has 0 aromatic rings. The molecule has 2 N–H and O–H groups in total. The molecule has 0 saturated heterocycles. The third-order valence-electron chi connectivity index (χ3n) is 3.32. The van der Waals surface area contributed by atoms with Gasteiger partial charge in [-0.1, -0.05) is 34.6 Å². The van der Waals surface area contributed by atoms with Gasteiger partial charge in [0.1, 0.15) is 0 Å². The van der Waals surface area contributed by atoms with E-state index < -0.39 is 0 Å². The monoisotopic (exact) mass is 183 g/mol. The summed E-state index contributed by atoms with van der Waals surface area (Å²) in [6.07, 6.45) is 4.78. The summed E-state index contributed by atoms with van der Waals surface area (Å²) < 4.78 is 0. The maximum absolute atomic E-state index is 6.41. The van der Waals surface area contributed by atoms with Gasteiger partial charge in [-0.25, -0.2) is 0 Å². The van der Waals surface area contributed by atoms with Gasteiger partial charge in [-0.3, -0.25) is 0 Å². The van der Waals surface area contributed by atoms with Crippen molar-refractivity contribution in [1.82, 2.24) is 0 Å². The summed E-state index contributed by atoms with van der Waals surface area (Å²) in [7, 11) is 0. The topological polar surface area (TPSA) is 26.0 Å². The van der Waals surface area contributed by atoms with E-state index in [0.29, 0.717) is 10.8 Å². The van der Waals surface area contributed by atoms with E-state index in [1.165, 1.54) is 19.3 Å². The standard InChI is InChI=1S/C12H25N/c1-6-12(13)8-10(2,3)7-11(4,5)9-12/h6-9,13H2,1-5H3. The Bertz CT molecular complexity index is 175. The molecular formula is C12H25N. The van der Waals surface area contributed by atoms with Gasteiger partial charge in [0.25, 0.3) is 0 Å². The van der Waals surface area contributed by atoms with E-state index in [-0.39, 0.29) is 5.54 Å². The Morgan fingerprint density at radius 3 is 1.62 bits per heavy atom. The zero-order chi connectivity index (χ0) is 10.3. The Balaban J connectivity index is 2.84. The summed E-state index contributed by atoms with van der Waals surface area (Å²) in [6, 6.07) is 0. The van der Waals surface area contributed by atoms with Crippen molar-refractivity contribution < 1.29 is 0 Å². The summed E-state index contributed by atoms with van der Waals surface area (Å²) in [5.41, 5.74) is 7.34. The first-order valence-electron chi connectivity index (χ1n) is 5.47. The van der Waals surface area contributed by atoms with Gasteiger partial charge in [-0.05, 0) is 36.5 Å². The van der Waals surface area contributed by atoms with E-state index in [1.54, 1.807) is 0 Å². The Morgan fingerprint density at radius 1 is 0.923 bits per heavy atom. The summed E-state index contributed by atoms with van der Waals surface area (Å²) in [5, 5.41) is 0. The van der Waals surface area contributed by atoms with Crippen LogP contribution < -0.4 is 5.73 Å². The lowest BCUT2D eigenvalue weighted by Crippen LogP contribution is -2.51. The van der Waals surface area contributed by atoms with Gasteiger partial charge in [0.15, 0.2) is 0 Å². The van der Waals surface area contributed by atoms with Crippen LogP contribution in [0.5, 0.6) is 0 Å². The summed E-state index contributed by atoms with van der Waals surface area (Å²) in [6.45, 7) is 11.6. The molecule has 0 spiro atoms. The van der Waals surface area contributed by atoms with Crippen molar-refractivity contribution in [1.29, 1.82) is 0 Å². The lowest BCUT2D eigenvalue weighted by atomic mass is 9.58. The Kier molecular flexibility index (Phi) is 2.53. The minimum atomic E-state index is 0.0885. The molecule has 1 aliphatic rings. The fourth-order valence-corrected chi connectivity index (χ4v) is 3.64. The zero-order valence-corrected chi connectivity index (χ0v) is 9.91. The fourth-order valence-electron chi connectivity index (χ4n) is 3.64. The first kappa shape index (κ1) is 11.0. The van der Waals surface area contributed by atoms with Crippen LogP contribution in [0.1, 0.15) is 60.3 Å². The van der Waals surface area contributed by atoms with Crippen LogP contribution in [0, 0.1) is 10.8 Å². The maximum atomic E-state index is 6.41. The number of hydrogen-bond acceptors (Lipinski definition) is 1. The highest BCUT2D eigenvalue weighted by Crippen LogP contribution is 2.49. The SMILES string of the molecule is CCC1(N)CC(C)(C)CC(C)(C)C1. The normalized spacial score (nSPS) is 30.0. The molecule has 13 heavy (non-hydrogen) atoms. The molecule has 0 aromatic carbocycles. The average Bonchev–Trinajstić information content (AvgIpc) is 1.79. The first-order valence-corrected chi connectivity index (χ1v) is 5.47. The van der Waals surface area contributed by atoms with Gasteiger partial charge < -0.3 is 5.73 Å². The van der Waals surface area contributed by atoms with E-state index >= 15 is 0 Å². The van der Waals surface area contributed by atoms with Crippen molar-refractivity contribution in [2.24, 2.45) is 16.6 Å². The molecule has 1 heteroatoms. The Labute approximate surface area is 83.1 Å². The van der Waals surface area contributed by atoms with Crippen LogP contribution >= 0.6 is 0 Å². The smallest absolute Gasteiger partial charge is 0.0161 e. The van der Waals surface area contributed by atoms with Crippen molar-refractivity contribution in [3.05, 3.63) is 0 Å². The molecule has 78 valence electrons. The number of nitrogens with two attached hydrogens (primary N) is 1. The van der Waals surface area contributed by atoms with Crippen LogP contribution in [0.4, 0.5) is 0 Å². The minimum Gasteiger partial charge on any atom is -0.325 e. The molecule has 0 amide bonds. The molecule has 1 saturated carbocycles. The van der Waals surface area contributed by atoms with Crippen molar-refractivity contribution in [2.45, 2.75) is 65.8 Å². The highest BCUT2D eigenvalue weighted by atomic mass is 14.8. The molecule has 0 atom stereocenters. The molecule has 0 bridgehead atoms. The third kappa shape index (κ3) is 2.70. The van der Waals surface area contributed by atoms with Crippen molar-refractivity contribution in [3.63, 3.8) is 0 Å². The van der Waals surface area contributed by atoms with Crippen molar-refractivity contribution in [2.75, 3.05) is 0 Å². The largest absolute Gasteiger partial charge is 0.325 e. The summed E-state index contributed by atoms with van der Waals surface area (Å²) >= 11 is 0. The van der Waals surface area contributed by atoms with Crippen LogP contribution in [-0.4, -0.2) is 5.54 Å². The van der Waals surface area contributed by atoms with Crippen molar-refractivity contribution in [3.8, 4) is 0 Å². The molecule has 1 aliphatic carbocycles. The lowest BCUT2D eigenvalue weighted by molar-refractivity contribution is 0.0467. The van der Waals surface area contributed by atoms with Gasteiger partial charge >= 0.3 is 0 Å². The third-order valence-corrected chi connectivity index (χ3v) is 3.32. The van der Waals surface area contributed by atoms with E-state index in [0.717, 1.165) is 6.42 Å². The summed E-state index contributed by atoms with van der Waals surface area (Å²) in [5.74, 6) is 0. The van der Waals surface area contributed by atoms with Gasteiger partial charge in [-0.2, -0.15) is 0 Å². The zero-order valence-electron chi connectivity index (χ0n) is 9.91. The highest BCUT2D eigenvalue weighted by Gasteiger charge is 2.44. The molecule has 0 heterocycles. The minimum absolute atomic E-state index is 0.0885. The second kappa shape index (κ2) is 2.98. The molecule has 0 aliphatic heterocycles. The van der Waals surface area contributed by atoms with Crippen LogP contribution in [0.3, 0.4) is 0 Å². The Hall–Kier alpha value is -0.0400. The quantitative estimate of drug-likeness (QED) is 0.663. The molecule has 0 unspecified atom stereocenters. The fraction of sp³-hybridized carbons (Fsp3) is 1.00. The van der Waals surface area contributed by atoms with Gasteiger partial charge in [-0.15, -0.1) is 0 Å². The second-order valence-electron chi connectivity index (χ2n) is 6.57. The van der Waals surface area contributed by atoms with Crippen molar-refractivity contribution >= 4 is 0 Å². The summed E-state index contributed by atoms with van der Waals surface area (Å²) in [4.78, 5) is 0. The van der Waals surface area contributed by atoms with E-state index in [2.05, 4.69) is 34.6 Å². The van der Waals surface area contributed by atoms with Gasteiger partial charge in [0.05, 0.1) is 0 Å². The van der Waals surface area contributed by atoms with Crippen LogP contribution in [0.2, 0.25) is 0 Å². The van der Waals surface area contributed by atoms with Crippen LogP contribution in [0.15, 0.2) is 0 Å². The van der Waals surface area contributed by atoms with Crippen LogP contribution in [0.25, 0.3) is 0 Å². The van der Waals surface area contributed by atoms with Gasteiger partial charge in [0, 0.05) is 5.54 Å². The highest BCUT2D eigenvalue weighted by molar-refractivity contribution is 4.99. The molecule has 0 aromatic heterocycles. The predicted octanol–water partition coefficient (Wildman–Crippen LogP) is 3.33. The van der Waals surface area contributed by atoms with Crippen LogP contribution in [-0.2, 0) is 0 Å². The lowest BCUT2D eigenvalue weighted by Gasteiger charge is -2.50. The number of hydrogen-bond donors (Lipinski definition) is 1. The second-order valence-corrected chi connectivity index (χ2v) is 6.57. The molecular weight excluding hydrogens is 158 g/mol. The molecule has 0 radical (unpaired) electrons. The first-order chi connectivity index (χ1) is 5.68. The predicted molar refractivity (Wildman–Crippen MR) is 58.6 cm³/mol. The van der Waals surface area contributed by atoms with E-state index in [9.17, 15) is 0 Å². The van der Waals surface area contributed by atoms with E-state index in [4.69, 9.17) is 5.73 Å². The molecule has 1 fully saturated rings. The molecule has 1 nitrogen and oxygen atoms in total. The average molecular weight is 183 g/mol. The van der Waals surface area contributed by atoms with E-state index in [1.807, 2.05) is 0 Å². The van der Waals surface area contributed by atoms with Gasteiger partial charge in [0.2, 0.25) is 0 Å². The Morgan fingerprint density at radius 2 is 1.31 bits per heavy atom.